The maximum absolute atomic E-state index is 12.0. The Morgan fingerprint density at radius 2 is 1.64 bits per heavy atom. The molecule has 6 nitrogen and oxygen atoms in total. The normalized spacial score (nSPS) is 29.2. The summed E-state index contributed by atoms with van der Waals surface area (Å²) in [6, 6.07) is 5.71. The molecule has 4 aliphatic rings. The molecule has 4 saturated carbocycles. The van der Waals surface area contributed by atoms with Crippen molar-refractivity contribution >= 4 is 16.1 Å². The number of rotatable bonds is 11. The fraction of sp³-hybridized carbons (Fsp3) is 0.731. The van der Waals surface area contributed by atoms with E-state index in [1.807, 2.05) is 0 Å². The molecule has 33 heavy (non-hydrogen) atoms. The molecule has 0 aliphatic heterocycles. The third kappa shape index (κ3) is 6.10. The van der Waals surface area contributed by atoms with Crippen LogP contribution in [0, 0.1) is 29.1 Å². The van der Waals surface area contributed by atoms with Gasteiger partial charge in [0.15, 0.2) is 0 Å². The summed E-state index contributed by atoms with van der Waals surface area (Å²) in [5, 5.41) is 0. The first kappa shape index (κ1) is 24.5. The Morgan fingerprint density at radius 3 is 2.12 bits per heavy atom. The maximum Gasteiger partial charge on any atom is 0.314 e. The predicted molar refractivity (Wildman–Crippen MR) is 129 cm³/mol. The molecule has 0 saturated heterocycles. The topological polar surface area (TPSA) is 101 Å². The number of carbonyl (C=O) groups is 1. The number of hydrogen-bond acceptors (Lipinski definition) is 3. The number of benzene rings is 1. The molecule has 1 unspecified atom stereocenters. The number of nitrogens with zero attached hydrogens (tertiary/aromatic N) is 1. The summed E-state index contributed by atoms with van der Waals surface area (Å²) in [6.07, 6.45) is 14.2. The summed E-state index contributed by atoms with van der Waals surface area (Å²) in [5.41, 5.74) is 7.18. The molecule has 2 amide bonds. The fourth-order valence-electron chi connectivity index (χ4n) is 7.42. The van der Waals surface area contributed by atoms with Gasteiger partial charge < -0.3 is 10.6 Å². The third-order valence-electron chi connectivity index (χ3n) is 8.84. The minimum Gasteiger partial charge on any atom is -0.351 e. The summed E-state index contributed by atoms with van der Waals surface area (Å²) < 4.78 is 31.5. The van der Waals surface area contributed by atoms with Crippen molar-refractivity contribution in [3.8, 4) is 0 Å². The van der Waals surface area contributed by atoms with E-state index in [1.165, 1.54) is 63.5 Å². The van der Waals surface area contributed by atoms with E-state index in [4.69, 9.17) is 10.3 Å². The summed E-state index contributed by atoms with van der Waals surface area (Å²) in [7, 11) is -4.19. The minimum absolute atomic E-state index is 0.122. The zero-order valence-corrected chi connectivity index (χ0v) is 20.7. The van der Waals surface area contributed by atoms with E-state index >= 15 is 0 Å². The van der Waals surface area contributed by atoms with Gasteiger partial charge >= 0.3 is 6.03 Å². The van der Waals surface area contributed by atoms with Crippen molar-refractivity contribution in [2.24, 2.45) is 34.8 Å². The predicted octanol–water partition coefficient (Wildman–Crippen LogP) is 5.27. The fourth-order valence-corrected chi connectivity index (χ4v) is 7.90. The SMILES string of the molecule is CCC(CCN(CCc1ccc(S(=O)(=O)O)cc1)C(N)=O)CCC12CC3CC(CC(C3)C1)C2. The Bertz CT molecular complexity index is 893. The Labute approximate surface area is 199 Å². The molecular weight excluding hydrogens is 436 g/mol. The van der Waals surface area contributed by atoms with Crippen molar-refractivity contribution in [2.75, 3.05) is 13.1 Å². The monoisotopic (exact) mass is 476 g/mol. The van der Waals surface area contributed by atoms with Gasteiger partial charge in [-0.15, -0.1) is 0 Å². The Balaban J connectivity index is 1.26. The van der Waals surface area contributed by atoms with Gasteiger partial charge in [0, 0.05) is 13.1 Å². The van der Waals surface area contributed by atoms with Crippen LogP contribution >= 0.6 is 0 Å². The second kappa shape index (κ2) is 9.95. The van der Waals surface area contributed by atoms with Crippen LogP contribution in [0.3, 0.4) is 0 Å². The van der Waals surface area contributed by atoms with Crippen LogP contribution < -0.4 is 5.73 Å². The van der Waals surface area contributed by atoms with Gasteiger partial charge in [-0.25, -0.2) is 4.79 Å². The highest BCUT2D eigenvalue weighted by molar-refractivity contribution is 7.85. The lowest BCUT2D eigenvalue weighted by Crippen LogP contribution is -2.46. The zero-order chi connectivity index (χ0) is 23.6. The van der Waals surface area contributed by atoms with Gasteiger partial charge in [0.05, 0.1) is 4.90 Å². The van der Waals surface area contributed by atoms with Crippen molar-refractivity contribution in [3.63, 3.8) is 0 Å². The summed E-state index contributed by atoms with van der Waals surface area (Å²) >= 11 is 0. The average Bonchev–Trinajstić information content (AvgIpc) is 2.74. The molecule has 1 aromatic carbocycles. The molecule has 0 spiro atoms. The van der Waals surface area contributed by atoms with E-state index < -0.39 is 16.1 Å². The van der Waals surface area contributed by atoms with Crippen molar-refractivity contribution in [2.45, 2.75) is 82.4 Å². The average molecular weight is 477 g/mol. The largest absolute Gasteiger partial charge is 0.351 e. The third-order valence-corrected chi connectivity index (χ3v) is 9.70. The van der Waals surface area contributed by atoms with E-state index in [0.717, 1.165) is 36.2 Å². The van der Waals surface area contributed by atoms with Gasteiger partial charge in [-0.3, -0.25) is 4.55 Å². The molecule has 3 N–H and O–H groups in total. The lowest BCUT2D eigenvalue weighted by atomic mass is 9.48. The van der Waals surface area contributed by atoms with E-state index in [-0.39, 0.29) is 4.90 Å². The quantitative estimate of drug-likeness (QED) is 0.425. The minimum atomic E-state index is -4.19. The number of carbonyl (C=O) groups excluding carboxylic acids is 1. The van der Waals surface area contributed by atoms with E-state index in [1.54, 1.807) is 17.0 Å². The van der Waals surface area contributed by atoms with Gasteiger partial charge in [0.25, 0.3) is 10.1 Å². The number of primary amides is 1. The lowest BCUT2D eigenvalue weighted by Gasteiger charge is -2.57. The van der Waals surface area contributed by atoms with E-state index in [0.29, 0.717) is 30.8 Å². The van der Waals surface area contributed by atoms with Crippen LogP contribution in [0.25, 0.3) is 0 Å². The number of urea groups is 1. The van der Waals surface area contributed by atoms with Crippen LogP contribution in [0.1, 0.15) is 76.7 Å². The zero-order valence-electron chi connectivity index (χ0n) is 19.9. The molecule has 1 atom stereocenters. The molecule has 5 rings (SSSR count). The summed E-state index contributed by atoms with van der Waals surface area (Å²) in [4.78, 5) is 13.6. The Morgan fingerprint density at radius 1 is 1.06 bits per heavy atom. The van der Waals surface area contributed by atoms with Gasteiger partial charge in [-0.1, -0.05) is 25.5 Å². The van der Waals surface area contributed by atoms with Crippen LogP contribution in [0.2, 0.25) is 0 Å². The van der Waals surface area contributed by atoms with E-state index in [2.05, 4.69) is 6.92 Å². The number of hydrogen-bond donors (Lipinski definition) is 2. The highest BCUT2D eigenvalue weighted by Gasteiger charge is 2.50. The first-order valence-corrected chi connectivity index (χ1v) is 14.2. The van der Waals surface area contributed by atoms with Gasteiger partial charge in [0.1, 0.15) is 0 Å². The van der Waals surface area contributed by atoms with E-state index in [9.17, 15) is 13.2 Å². The molecule has 0 radical (unpaired) electrons. The molecule has 4 aliphatic carbocycles. The Kier molecular flexibility index (Phi) is 7.39. The van der Waals surface area contributed by atoms with Crippen molar-refractivity contribution in [3.05, 3.63) is 29.8 Å². The summed E-state index contributed by atoms with van der Waals surface area (Å²) in [6.45, 7) is 3.43. The van der Waals surface area contributed by atoms with Gasteiger partial charge in [-0.05, 0) is 111 Å². The highest BCUT2D eigenvalue weighted by atomic mass is 32.2. The second-order valence-corrected chi connectivity index (χ2v) is 12.6. The van der Waals surface area contributed by atoms with Crippen LogP contribution in [-0.2, 0) is 16.5 Å². The van der Waals surface area contributed by atoms with Crippen LogP contribution in [-0.4, -0.2) is 37.0 Å². The Hall–Kier alpha value is -1.60. The molecule has 1 aromatic rings. The van der Waals surface area contributed by atoms with Crippen molar-refractivity contribution in [1.29, 1.82) is 0 Å². The molecule has 184 valence electrons. The number of amides is 2. The van der Waals surface area contributed by atoms with Crippen LogP contribution in [0.4, 0.5) is 4.79 Å². The molecule has 7 heteroatoms. The van der Waals surface area contributed by atoms with Crippen molar-refractivity contribution in [1.82, 2.24) is 4.90 Å². The molecular formula is C26H40N2O4S. The molecule has 0 aromatic heterocycles. The molecule has 0 heterocycles. The summed E-state index contributed by atoms with van der Waals surface area (Å²) in [5.74, 6) is 3.60. The van der Waals surface area contributed by atoms with Crippen molar-refractivity contribution < 1.29 is 17.8 Å². The standard InChI is InChI=1S/C26H40N2O4S/c1-2-19(7-10-26-16-21-13-22(17-26)15-23(14-21)18-26)8-11-28(25(27)29)12-9-20-3-5-24(6-4-20)33(30,31)32/h3-6,19,21-23H,2,7-18H2,1H3,(H2,27,29)(H,30,31,32). The lowest BCUT2D eigenvalue weighted by molar-refractivity contribution is -0.0602. The van der Waals surface area contributed by atoms with Gasteiger partial charge in [0.2, 0.25) is 0 Å². The second-order valence-electron chi connectivity index (χ2n) is 11.2. The maximum atomic E-state index is 12.0. The smallest absolute Gasteiger partial charge is 0.314 e. The van der Waals surface area contributed by atoms with Gasteiger partial charge in [-0.2, -0.15) is 8.42 Å². The first-order chi connectivity index (χ1) is 15.7. The first-order valence-electron chi connectivity index (χ1n) is 12.8. The number of nitrogens with two attached hydrogens (primary N) is 1. The molecule has 4 fully saturated rings. The highest BCUT2D eigenvalue weighted by Crippen LogP contribution is 2.61. The van der Waals surface area contributed by atoms with Crippen LogP contribution in [0.5, 0.6) is 0 Å². The van der Waals surface area contributed by atoms with Crippen LogP contribution in [0.15, 0.2) is 29.2 Å². The molecule has 4 bridgehead atoms.